The highest BCUT2D eigenvalue weighted by atomic mass is 79.9. The maximum atomic E-state index is 5.83. The summed E-state index contributed by atoms with van der Waals surface area (Å²) in [5, 5.41) is 3.28. The van der Waals surface area contributed by atoms with Crippen LogP contribution in [0.5, 0.6) is 5.75 Å². The van der Waals surface area contributed by atoms with Crippen LogP contribution in [0.2, 0.25) is 0 Å². The van der Waals surface area contributed by atoms with Crippen LogP contribution in [0.1, 0.15) is 12.0 Å². The number of halogens is 1. The number of nitrogens with one attached hydrogen (secondary N) is 1. The smallest absolute Gasteiger partial charge is 0.120 e. The van der Waals surface area contributed by atoms with Crippen LogP contribution in [-0.2, 0) is 0 Å². The molecule has 0 aromatic heterocycles. The molecular weight excluding hydrogens is 242 g/mol. The second-order valence-electron chi connectivity index (χ2n) is 3.64. The van der Waals surface area contributed by atoms with Crippen molar-refractivity contribution in [1.82, 2.24) is 5.32 Å². The SMILES string of the molecule is Cc1cc(O[C@@H]2CCNC2)ccc1Br. The molecule has 2 nitrogen and oxygen atoms in total. The lowest BCUT2D eigenvalue weighted by Crippen LogP contribution is -2.19. The van der Waals surface area contributed by atoms with E-state index in [4.69, 9.17) is 4.74 Å². The topological polar surface area (TPSA) is 21.3 Å². The second kappa shape index (κ2) is 4.32. The molecule has 1 aliphatic heterocycles. The first-order valence-corrected chi connectivity index (χ1v) is 5.68. The first kappa shape index (κ1) is 9.99. The summed E-state index contributed by atoms with van der Waals surface area (Å²) < 4.78 is 6.96. The lowest BCUT2D eigenvalue weighted by molar-refractivity contribution is 0.223. The van der Waals surface area contributed by atoms with E-state index in [9.17, 15) is 0 Å². The number of ether oxygens (including phenoxy) is 1. The van der Waals surface area contributed by atoms with Gasteiger partial charge in [0, 0.05) is 11.0 Å². The van der Waals surface area contributed by atoms with Gasteiger partial charge in [-0.15, -0.1) is 0 Å². The van der Waals surface area contributed by atoms with Crippen LogP contribution in [0.25, 0.3) is 0 Å². The third-order valence-corrected chi connectivity index (χ3v) is 3.34. The summed E-state index contributed by atoms with van der Waals surface area (Å²) in [7, 11) is 0. The summed E-state index contributed by atoms with van der Waals surface area (Å²) in [6.07, 6.45) is 1.45. The quantitative estimate of drug-likeness (QED) is 0.877. The predicted octanol–water partition coefficient (Wildman–Crippen LogP) is 2.50. The first-order valence-electron chi connectivity index (χ1n) is 4.89. The Morgan fingerprint density at radius 2 is 2.36 bits per heavy atom. The summed E-state index contributed by atoms with van der Waals surface area (Å²) in [5.74, 6) is 0.972. The summed E-state index contributed by atoms with van der Waals surface area (Å²) >= 11 is 3.47. The third kappa shape index (κ3) is 2.28. The summed E-state index contributed by atoms with van der Waals surface area (Å²) in [4.78, 5) is 0. The van der Waals surface area contributed by atoms with E-state index in [1.807, 2.05) is 12.1 Å². The molecule has 0 radical (unpaired) electrons. The van der Waals surface area contributed by atoms with Crippen molar-refractivity contribution >= 4 is 15.9 Å². The largest absolute Gasteiger partial charge is 0.489 e. The second-order valence-corrected chi connectivity index (χ2v) is 4.50. The molecule has 0 unspecified atom stereocenters. The van der Waals surface area contributed by atoms with Crippen LogP contribution in [0, 0.1) is 6.92 Å². The van der Waals surface area contributed by atoms with E-state index < -0.39 is 0 Å². The standard InChI is InChI=1S/C11H14BrNO/c1-8-6-9(2-3-11(8)12)14-10-4-5-13-7-10/h2-3,6,10,13H,4-5,7H2,1H3/t10-/m1/s1. The number of rotatable bonds is 2. The summed E-state index contributed by atoms with van der Waals surface area (Å²) in [6.45, 7) is 4.11. The van der Waals surface area contributed by atoms with Gasteiger partial charge in [0.1, 0.15) is 11.9 Å². The van der Waals surface area contributed by atoms with Crippen LogP contribution in [0.3, 0.4) is 0 Å². The van der Waals surface area contributed by atoms with Crippen molar-refractivity contribution in [3.8, 4) is 5.75 Å². The van der Waals surface area contributed by atoms with Gasteiger partial charge in [0.2, 0.25) is 0 Å². The number of hydrogen-bond acceptors (Lipinski definition) is 2. The minimum atomic E-state index is 0.343. The van der Waals surface area contributed by atoms with E-state index in [2.05, 4.69) is 34.2 Å². The monoisotopic (exact) mass is 255 g/mol. The molecule has 14 heavy (non-hydrogen) atoms. The molecule has 0 aliphatic carbocycles. The maximum Gasteiger partial charge on any atom is 0.120 e. The molecule has 1 saturated heterocycles. The average molecular weight is 256 g/mol. The van der Waals surface area contributed by atoms with Crippen molar-refractivity contribution in [3.63, 3.8) is 0 Å². The molecule has 0 spiro atoms. The molecule has 0 saturated carbocycles. The molecule has 1 heterocycles. The molecule has 0 amide bonds. The lowest BCUT2D eigenvalue weighted by Gasteiger charge is -2.13. The first-order chi connectivity index (χ1) is 6.75. The third-order valence-electron chi connectivity index (χ3n) is 2.45. The van der Waals surface area contributed by atoms with Gasteiger partial charge in [-0.25, -0.2) is 0 Å². The number of aryl methyl sites for hydroxylation is 1. The molecule has 2 rings (SSSR count). The fourth-order valence-electron chi connectivity index (χ4n) is 1.61. The zero-order chi connectivity index (χ0) is 9.97. The molecule has 1 aromatic rings. The fraction of sp³-hybridized carbons (Fsp3) is 0.455. The number of hydrogen-bond donors (Lipinski definition) is 1. The van der Waals surface area contributed by atoms with Crippen LogP contribution in [0.15, 0.2) is 22.7 Å². The van der Waals surface area contributed by atoms with Gasteiger partial charge in [-0.05, 0) is 43.7 Å². The van der Waals surface area contributed by atoms with Gasteiger partial charge in [-0.3, -0.25) is 0 Å². The summed E-state index contributed by atoms with van der Waals surface area (Å²) in [5.41, 5.74) is 1.22. The highest BCUT2D eigenvalue weighted by Crippen LogP contribution is 2.23. The van der Waals surface area contributed by atoms with Gasteiger partial charge >= 0.3 is 0 Å². The van der Waals surface area contributed by atoms with Gasteiger partial charge in [-0.1, -0.05) is 15.9 Å². The molecule has 1 atom stereocenters. The molecule has 1 aliphatic rings. The van der Waals surface area contributed by atoms with Crippen molar-refractivity contribution in [3.05, 3.63) is 28.2 Å². The Morgan fingerprint density at radius 1 is 1.50 bits per heavy atom. The molecule has 0 bridgehead atoms. The van der Waals surface area contributed by atoms with Gasteiger partial charge < -0.3 is 10.1 Å². The van der Waals surface area contributed by atoms with Gasteiger partial charge in [0.15, 0.2) is 0 Å². The van der Waals surface area contributed by atoms with Crippen molar-refractivity contribution in [2.45, 2.75) is 19.4 Å². The average Bonchev–Trinajstić information content (AvgIpc) is 2.64. The van der Waals surface area contributed by atoms with Crippen LogP contribution < -0.4 is 10.1 Å². The van der Waals surface area contributed by atoms with Crippen LogP contribution >= 0.6 is 15.9 Å². The maximum absolute atomic E-state index is 5.83. The highest BCUT2D eigenvalue weighted by Gasteiger charge is 2.15. The molecule has 3 heteroatoms. The van der Waals surface area contributed by atoms with Crippen molar-refractivity contribution in [2.75, 3.05) is 13.1 Å². The van der Waals surface area contributed by atoms with Gasteiger partial charge in [-0.2, -0.15) is 0 Å². The number of benzene rings is 1. The van der Waals surface area contributed by atoms with E-state index in [1.165, 1.54) is 5.56 Å². The van der Waals surface area contributed by atoms with E-state index >= 15 is 0 Å². The van der Waals surface area contributed by atoms with E-state index in [1.54, 1.807) is 0 Å². The van der Waals surface area contributed by atoms with E-state index in [0.717, 1.165) is 29.7 Å². The highest BCUT2D eigenvalue weighted by molar-refractivity contribution is 9.10. The Kier molecular flexibility index (Phi) is 3.08. The molecule has 76 valence electrons. The van der Waals surface area contributed by atoms with Gasteiger partial charge in [0.25, 0.3) is 0 Å². The molecule has 1 N–H and O–H groups in total. The van der Waals surface area contributed by atoms with E-state index in [-0.39, 0.29) is 0 Å². The van der Waals surface area contributed by atoms with Crippen molar-refractivity contribution in [1.29, 1.82) is 0 Å². The molecule has 1 fully saturated rings. The molecule has 1 aromatic carbocycles. The predicted molar refractivity (Wildman–Crippen MR) is 60.8 cm³/mol. The van der Waals surface area contributed by atoms with Crippen LogP contribution in [-0.4, -0.2) is 19.2 Å². The minimum Gasteiger partial charge on any atom is -0.489 e. The normalized spacial score (nSPS) is 21.1. The fourth-order valence-corrected chi connectivity index (χ4v) is 1.86. The lowest BCUT2D eigenvalue weighted by atomic mass is 10.2. The van der Waals surface area contributed by atoms with Crippen molar-refractivity contribution < 1.29 is 4.74 Å². The Bertz CT molecular complexity index is 321. The molecular formula is C11H14BrNO. The Labute approximate surface area is 92.8 Å². The van der Waals surface area contributed by atoms with Gasteiger partial charge in [0.05, 0.1) is 0 Å². The summed E-state index contributed by atoms with van der Waals surface area (Å²) in [6, 6.07) is 6.12. The zero-order valence-corrected chi connectivity index (χ0v) is 9.80. The minimum absolute atomic E-state index is 0.343. The Hall–Kier alpha value is -0.540. The van der Waals surface area contributed by atoms with E-state index in [0.29, 0.717) is 6.10 Å². The van der Waals surface area contributed by atoms with Crippen molar-refractivity contribution in [2.24, 2.45) is 0 Å². The van der Waals surface area contributed by atoms with Crippen LogP contribution in [0.4, 0.5) is 0 Å². The zero-order valence-electron chi connectivity index (χ0n) is 8.22. The Morgan fingerprint density at radius 3 is 3.00 bits per heavy atom. The Balaban J connectivity index is 2.05.